The van der Waals surface area contributed by atoms with Crippen molar-refractivity contribution < 1.29 is 14.3 Å². The van der Waals surface area contributed by atoms with Crippen molar-refractivity contribution in [3.05, 3.63) is 18.3 Å². The lowest BCUT2D eigenvalue weighted by Crippen LogP contribution is -2.38. The van der Waals surface area contributed by atoms with Gasteiger partial charge in [0.15, 0.2) is 5.58 Å². The van der Waals surface area contributed by atoms with E-state index >= 15 is 0 Å². The summed E-state index contributed by atoms with van der Waals surface area (Å²) < 4.78 is 5.59. The second kappa shape index (κ2) is 4.29. The van der Waals surface area contributed by atoms with Crippen molar-refractivity contribution in [2.75, 3.05) is 18.0 Å². The largest absolute Gasteiger partial charge is 0.481 e. The molecule has 2 aromatic heterocycles. The summed E-state index contributed by atoms with van der Waals surface area (Å²) in [6.07, 6.45) is 3.21. The van der Waals surface area contributed by atoms with Crippen LogP contribution in [-0.4, -0.2) is 34.1 Å². The Morgan fingerprint density at radius 1 is 1.56 bits per heavy atom. The van der Waals surface area contributed by atoms with Crippen LogP contribution in [-0.2, 0) is 4.79 Å². The lowest BCUT2D eigenvalue weighted by Gasteiger charge is -2.29. The van der Waals surface area contributed by atoms with Gasteiger partial charge in [-0.2, -0.15) is 4.98 Å². The van der Waals surface area contributed by atoms with Gasteiger partial charge in [0, 0.05) is 19.3 Å². The topological polar surface area (TPSA) is 79.5 Å². The number of nitrogens with zero attached hydrogens (tertiary/aromatic N) is 3. The van der Waals surface area contributed by atoms with Crippen molar-refractivity contribution in [3.8, 4) is 0 Å². The molecule has 3 heterocycles. The highest BCUT2D eigenvalue weighted by molar-refractivity contribution is 5.72. The Bertz CT molecular complexity index is 548. The molecule has 1 aliphatic heterocycles. The van der Waals surface area contributed by atoms with Crippen molar-refractivity contribution >= 4 is 23.2 Å². The number of anilines is 1. The van der Waals surface area contributed by atoms with E-state index in [1.54, 1.807) is 18.3 Å². The summed E-state index contributed by atoms with van der Waals surface area (Å²) in [6.45, 7) is 1.22. The van der Waals surface area contributed by atoms with Crippen molar-refractivity contribution in [2.24, 2.45) is 5.92 Å². The number of piperidine rings is 1. The average Bonchev–Trinajstić information content (AvgIpc) is 2.82. The molecular formula is C12H13N3O3. The van der Waals surface area contributed by atoms with E-state index in [2.05, 4.69) is 9.97 Å². The van der Waals surface area contributed by atoms with Gasteiger partial charge in [-0.3, -0.25) is 4.79 Å². The predicted octanol–water partition coefficient (Wildman–Crippen LogP) is 1.52. The first-order valence-corrected chi connectivity index (χ1v) is 5.93. The maximum absolute atomic E-state index is 11.0. The standard InChI is InChI=1S/C12H13N3O3/c16-11(17)8-3-2-6-15(7-8)12-14-10-9(18-12)4-1-5-13-10/h1,4-5,8H,2-3,6-7H2,(H,16,17)/t8-/m1/s1. The van der Waals surface area contributed by atoms with Crippen LogP contribution < -0.4 is 4.90 Å². The van der Waals surface area contributed by atoms with E-state index in [-0.39, 0.29) is 5.92 Å². The highest BCUT2D eigenvalue weighted by atomic mass is 16.4. The third-order valence-electron chi connectivity index (χ3n) is 3.19. The van der Waals surface area contributed by atoms with Crippen LogP contribution in [0.1, 0.15) is 12.8 Å². The summed E-state index contributed by atoms with van der Waals surface area (Å²) in [5.41, 5.74) is 1.19. The number of aliphatic carboxylic acids is 1. The second-order valence-electron chi connectivity index (χ2n) is 4.44. The summed E-state index contributed by atoms with van der Waals surface area (Å²) in [5, 5.41) is 9.05. The number of hydrogen-bond acceptors (Lipinski definition) is 5. The third-order valence-corrected chi connectivity index (χ3v) is 3.19. The number of rotatable bonds is 2. The van der Waals surface area contributed by atoms with Crippen molar-refractivity contribution in [1.82, 2.24) is 9.97 Å². The van der Waals surface area contributed by atoms with Crippen LogP contribution in [0, 0.1) is 5.92 Å². The molecule has 0 radical (unpaired) electrons. The molecular weight excluding hydrogens is 234 g/mol. The van der Waals surface area contributed by atoms with Crippen molar-refractivity contribution in [2.45, 2.75) is 12.8 Å². The number of pyridine rings is 1. The van der Waals surface area contributed by atoms with E-state index < -0.39 is 5.97 Å². The normalized spacial score (nSPS) is 20.2. The number of carboxylic acids is 1. The Hall–Kier alpha value is -2.11. The molecule has 0 unspecified atom stereocenters. The maximum Gasteiger partial charge on any atom is 0.308 e. The number of aromatic nitrogens is 2. The minimum Gasteiger partial charge on any atom is -0.481 e. The molecule has 18 heavy (non-hydrogen) atoms. The van der Waals surface area contributed by atoms with Gasteiger partial charge in [0.2, 0.25) is 5.65 Å². The molecule has 1 fully saturated rings. The average molecular weight is 247 g/mol. The summed E-state index contributed by atoms with van der Waals surface area (Å²) in [6, 6.07) is 4.06. The van der Waals surface area contributed by atoms with Crippen molar-refractivity contribution in [3.63, 3.8) is 0 Å². The molecule has 1 saturated heterocycles. The fraction of sp³-hybridized carbons (Fsp3) is 0.417. The highest BCUT2D eigenvalue weighted by Gasteiger charge is 2.27. The van der Waals surface area contributed by atoms with Gasteiger partial charge in [0.1, 0.15) is 0 Å². The van der Waals surface area contributed by atoms with Crippen LogP contribution in [0.25, 0.3) is 11.2 Å². The Labute approximate surface area is 103 Å². The zero-order chi connectivity index (χ0) is 12.5. The first-order valence-electron chi connectivity index (χ1n) is 5.93. The molecule has 1 aliphatic rings. The molecule has 0 aliphatic carbocycles. The highest BCUT2D eigenvalue weighted by Crippen LogP contribution is 2.25. The lowest BCUT2D eigenvalue weighted by atomic mass is 9.99. The number of fused-ring (bicyclic) bond motifs is 1. The van der Waals surface area contributed by atoms with Gasteiger partial charge in [-0.25, -0.2) is 4.98 Å². The van der Waals surface area contributed by atoms with Gasteiger partial charge in [0.25, 0.3) is 6.01 Å². The summed E-state index contributed by atoms with van der Waals surface area (Å²) in [4.78, 5) is 21.3. The fourth-order valence-electron chi connectivity index (χ4n) is 2.25. The molecule has 6 nitrogen and oxygen atoms in total. The molecule has 6 heteroatoms. The molecule has 1 N–H and O–H groups in total. The smallest absolute Gasteiger partial charge is 0.308 e. The Kier molecular flexibility index (Phi) is 2.62. The molecule has 0 bridgehead atoms. The van der Waals surface area contributed by atoms with E-state index in [1.807, 2.05) is 4.90 Å². The second-order valence-corrected chi connectivity index (χ2v) is 4.44. The molecule has 3 rings (SSSR count). The summed E-state index contributed by atoms with van der Waals surface area (Å²) in [7, 11) is 0. The molecule has 94 valence electrons. The van der Waals surface area contributed by atoms with Gasteiger partial charge in [-0.1, -0.05) is 0 Å². The van der Waals surface area contributed by atoms with Crippen LogP contribution in [0.15, 0.2) is 22.7 Å². The van der Waals surface area contributed by atoms with Crippen LogP contribution >= 0.6 is 0 Å². The Morgan fingerprint density at radius 3 is 3.22 bits per heavy atom. The van der Waals surface area contributed by atoms with Crippen LogP contribution in [0.2, 0.25) is 0 Å². The first-order chi connectivity index (χ1) is 8.74. The first kappa shape index (κ1) is 11.0. The molecule has 0 spiro atoms. The molecule has 0 aromatic carbocycles. The van der Waals surface area contributed by atoms with E-state index in [4.69, 9.17) is 9.52 Å². The quantitative estimate of drug-likeness (QED) is 0.866. The van der Waals surface area contributed by atoms with E-state index in [9.17, 15) is 4.79 Å². The Balaban J connectivity index is 1.87. The van der Waals surface area contributed by atoms with E-state index in [1.165, 1.54) is 0 Å². The maximum atomic E-state index is 11.0. The number of hydrogen-bond donors (Lipinski definition) is 1. The minimum atomic E-state index is -0.756. The molecule has 0 saturated carbocycles. The van der Waals surface area contributed by atoms with Crippen molar-refractivity contribution in [1.29, 1.82) is 0 Å². The van der Waals surface area contributed by atoms with Gasteiger partial charge in [0.05, 0.1) is 5.92 Å². The lowest BCUT2D eigenvalue weighted by molar-refractivity contribution is -0.141. The minimum absolute atomic E-state index is 0.346. The summed E-state index contributed by atoms with van der Waals surface area (Å²) in [5.74, 6) is -1.10. The van der Waals surface area contributed by atoms with Gasteiger partial charge < -0.3 is 14.4 Å². The molecule has 2 aromatic rings. The van der Waals surface area contributed by atoms with Gasteiger partial charge >= 0.3 is 5.97 Å². The van der Waals surface area contributed by atoms with Crippen LogP contribution in [0.5, 0.6) is 0 Å². The van der Waals surface area contributed by atoms with Gasteiger partial charge in [-0.05, 0) is 25.0 Å². The van der Waals surface area contributed by atoms with Crippen LogP contribution in [0.3, 0.4) is 0 Å². The molecule has 1 atom stereocenters. The predicted molar refractivity (Wildman–Crippen MR) is 64.4 cm³/mol. The Morgan fingerprint density at radius 2 is 2.44 bits per heavy atom. The zero-order valence-corrected chi connectivity index (χ0v) is 9.74. The molecule has 0 amide bonds. The third kappa shape index (κ3) is 1.90. The SMILES string of the molecule is O=C(O)[C@@H]1CCCN(c2nc3ncccc3o2)C1. The van der Waals surface area contributed by atoms with E-state index in [0.29, 0.717) is 30.2 Å². The number of carboxylic acid groups (broad SMARTS) is 1. The fourth-order valence-corrected chi connectivity index (χ4v) is 2.25. The number of oxazole rings is 1. The number of carbonyl (C=O) groups is 1. The van der Waals surface area contributed by atoms with Gasteiger partial charge in [-0.15, -0.1) is 0 Å². The van der Waals surface area contributed by atoms with Crippen LogP contribution in [0.4, 0.5) is 6.01 Å². The summed E-state index contributed by atoms with van der Waals surface area (Å²) >= 11 is 0. The zero-order valence-electron chi connectivity index (χ0n) is 9.74. The monoisotopic (exact) mass is 247 g/mol. The van der Waals surface area contributed by atoms with E-state index in [0.717, 1.165) is 13.0 Å².